The van der Waals surface area contributed by atoms with Gasteiger partial charge in [-0.25, -0.2) is 4.79 Å². The second-order valence-corrected chi connectivity index (χ2v) is 6.01. The fraction of sp³-hybridized carbons (Fsp3) is 0.111. The predicted octanol–water partition coefficient (Wildman–Crippen LogP) is 3.86. The third-order valence-electron chi connectivity index (χ3n) is 3.78. The lowest BCUT2D eigenvalue weighted by Crippen LogP contribution is -2.23. The molecule has 1 aliphatic heterocycles. The summed E-state index contributed by atoms with van der Waals surface area (Å²) in [5.74, 6) is -0.422. The summed E-state index contributed by atoms with van der Waals surface area (Å²) in [6, 6.07) is 11.0. The summed E-state index contributed by atoms with van der Waals surface area (Å²) in [4.78, 5) is 35.5. The molecular formula is C18H14ClN3O5. The monoisotopic (exact) mass is 387 g/mol. The molecule has 9 heteroatoms. The van der Waals surface area contributed by atoms with Crippen LogP contribution in [-0.4, -0.2) is 30.1 Å². The summed E-state index contributed by atoms with van der Waals surface area (Å²) < 4.78 is 4.89. The molecule has 1 fully saturated rings. The molecule has 0 unspecified atom stereocenters. The Kier molecular flexibility index (Phi) is 5.37. The molecular weight excluding hydrogens is 374 g/mol. The Labute approximate surface area is 159 Å². The molecule has 0 spiro atoms. The van der Waals surface area contributed by atoms with E-state index in [1.54, 1.807) is 30.3 Å². The molecule has 1 aliphatic rings. The molecule has 138 valence electrons. The number of benzene rings is 2. The summed E-state index contributed by atoms with van der Waals surface area (Å²) in [7, 11) is 0. The quantitative estimate of drug-likeness (QED) is 0.477. The zero-order valence-electron chi connectivity index (χ0n) is 13.9. The van der Waals surface area contributed by atoms with Gasteiger partial charge in [0.25, 0.3) is 5.69 Å². The van der Waals surface area contributed by atoms with Crippen molar-refractivity contribution in [3.8, 4) is 0 Å². The van der Waals surface area contributed by atoms with E-state index in [0.717, 1.165) is 0 Å². The highest BCUT2D eigenvalue weighted by atomic mass is 35.5. The van der Waals surface area contributed by atoms with Gasteiger partial charge in [-0.15, -0.1) is 0 Å². The number of amides is 2. The number of carbonyl (C=O) groups excluding carboxylic acids is 2. The van der Waals surface area contributed by atoms with E-state index in [1.807, 2.05) is 0 Å². The van der Waals surface area contributed by atoms with E-state index in [1.165, 1.54) is 29.2 Å². The van der Waals surface area contributed by atoms with Crippen molar-refractivity contribution >= 4 is 46.7 Å². The second-order valence-electron chi connectivity index (χ2n) is 5.61. The van der Waals surface area contributed by atoms with Gasteiger partial charge in [-0.3, -0.25) is 19.8 Å². The highest BCUT2D eigenvalue weighted by Gasteiger charge is 2.23. The summed E-state index contributed by atoms with van der Waals surface area (Å²) in [5, 5.41) is 13.6. The highest BCUT2D eigenvalue weighted by molar-refractivity contribution is 6.32. The first-order chi connectivity index (χ1) is 12.9. The van der Waals surface area contributed by atoms with Gasteiger partial charge in [0, 0.05) is 23.5 Å². The van der Waals surface area contributed by atoms with Gasteiger partial charge < -0.3 is 10.1 Å². The molecule has 0 aromatic heterocycles. The fourth-order valence-corrected chi connectivity index (χ4v) is 2.70. The molecule has 2 amide bonds. The Balaban J connectivity index is 1.69. The molecule has 8 nitrogen and oxygen atoms in total. The lowest BCUT2D eigenvalue weighted by molar-refractivity contribution is -0.384. The number of carbonyl (C=O) groups is 2. The maximum absolute atomic E-state index is 12.1. The number of ether oxygens (including phenoxy) is 1. The lowest BCUT2D eigenvalue weighted by Gasteiger charge is -2.13. The third kappa shape index (κ3) is 4.42. The van der Waals surface area contributed by atoms with Crippen LogP contribution in [-0.2, 0) is 9.53 Å². The highest BCUT2D eigenvalue weighted by Crippen LogP contribution is 2.26. The molecule has 0 bridgehead atoms. The zero-order valence-corrected chi connectivity index (χ0v) is 14.7. The topological polar surface area (TPSA) is 102 Å². The minimum atomic E-state index is -0.589. The van der Waals surface area contributed by atoms with Gasteiger partial charge in [-0.1, -0.05) is 23.7 Å². The Morgan fingerprint density at radius 2 is 2.11 bits per heavy atom. The molecule has 0 radical (unpaired) electrons. The van der Waals surface area contributed by atoms with Gasteiger partial charge in [0.2, 0.25) is 5.91 Å². The Morgan fingerprint density at radius 1 is 1.30 bits per heavy atom. The summed E-state index contributed by atoms with van der Waals surface area (Å²) in [5.41, 5.74) is 1.36. The number of cyclic esters (lactones) is 1. The molecule has 0 atom stereocenters. The summed E-state index contributed by atoms with van der Waals surface area (Å²) in [6.07, 6.45) is 2.27. The van der Waals surface area contributed by atoms with Crippen molar-refractivity contribution in [2.45, 2.75) is 0 Å². The lowest BCUT2D eigenvalue weighted by atomic mass is 10.2. The minimum absolute atomic E-state index is 0.0267. The van der Waals surface area contributed by atoms with E-state index in [9.17, 15) is 19.7 Å². The van der Waals surface area contributed by atoms with Crippen molar-refractivity contribution in [2.75, 3.05) is 23.4 Å². The molecule has 0 saturated carbocycles. The first kappa shape index (κ1) is 18.4. The Bertz CT molecular complexity index is 944. The number of halogens is 1. The first-order valence-electron chi connectivity index (χ1n) is 7.91. The Hall–Kier alpha value is -3.39. The average molecular weight is 388 g/mol. The van der Waals surface area contributed by atoms with Crippen LogP contribution in [0.1, 0.15) is 5.56 Å². The maximum Gasteiger partial charge on any atom is 0.414 e. The van der Waals surface area contributed by atoms with Crippen LogP contribution in [0.3, 0.4) is 0 Å². The minimum Gasteiger partial charge on any atom is -0.447 e. The van der Waals surface area contributed by atoms with Crippen LogP contribution in [0.25, 0.3) is 6.08 Å². The van der Waals surface area contributed by atoms with Crippen LogP contribution in [0.5, 0.6) is 0 Å². The second kappa shape index (κ2) is 7.88. The van der Waals surface area contributed by atoms with Crippen molar-refractivity contribution < 1.29 is 19.2 Å². The van der Waals surface area contributed by atoms with E-state index in [2.05, 4.69) is 5.32 Å². The largest absolute Gasteiger partial charge is 0.447 e. The van der Waals surface area contributed by atoms with Gasteiger partial charge in [-0.2, -0.15) is 0 Å². The normalized spacial score (nSPS) is 13.7. The van der Waals surface area contributed by atoms with E-state index in [4.69, 9.17) is 16.3 Å². The smallest absolute Gasteiger partial charge is 0.414 e. The van der Waals surface area contributed by atoms with Gasteiger partial charge in [0.1, 0.15) is 11.6 Å². The average Bonchev–Trinajstić information content (AvgIpc) is 3.07. The zero-order chi connectivity index (χ0) is 19.4. The van der Waals surface area contributed by atoms with Crippen molar-refractivity contribution in [3.63, 3.8) is 0 Å². The van der Waals surface area contributed by atoms with Gasteiger partial charge in [-0.05, 0) is 35.9 Å². The standard InChI is InChI=1S/C18H14ClN3O5/c19-15-6-4-12(10-16(15)22(25)26)5-7-17(23)20-13-2-1-3-14(11-13)21-8-9-27-18(21)24/h1-7,10-11H,8-9H2,(H,20,23)/b7-5+. The third-order valence-corrected chi connectivity index (χ3v) is 4.10. The molecule has 1 heterocycles. The molecule has 2 aromatic rings. The van der Waals surface area contributed by atoms with Crippen molar-refractivity contribution in [1.82, 2.24) is 0 Å². The van der Waals surface area contributed by atoms with E-state index in [0.29, 0.717) is 30.1 Å². The molecule has 3 rings (SSSR count). The van der Waals surface area contributed by atoms with Crippen LogP contribution >= 0.6 is 11.6 Å². The SMILES string of the molecule is O=C(/C=C/c1ccc(Cl)c([N+](=O)[O-])c1)Nc1cccc(N2CCOC2=O)c1. The number of nitrogens with one attached hydrogen (secondary N) is 1. The van der Waals surface area contributed by atoms with E-state index < -0.39 is 16.9 Å². The summed E-state index contributed by atoms with van der Waals surface area (Å²) in [6.45, 7) is 0.775. The van der Waals surface area contributed by atoms with Crippen LogP contribution in [0.2, 0.25) is 5.02 Å². The van der Waals surface area contributed by atoms with Crippen molar-refractivity contribution in [2.24, 2.45) is 0 Å². The van der Waals surface area contributed by atoms with Crippen LogP contribution < -0.4 is 10.2 Å². The van der Waals surface area contributed by atoms with Gasteiger partial charge in [0.05, 0.1) is 11.5 Å². The fourth-order valence-electron chi connectivity index (χ4n) is 2.51. The number of nitro benzene ring substituents is 1. The van der Waals surface area contributed by atoms with Gasteiger partial charge in [0.15, 0.2) is 0 Å². The molecule has 1 N–H and O–H groups in total. The number of anilines is 2. The van der Waals surface area contributed by atoms with Gasteiger partial charge >= 0.3 is 6.09 Å². The molecule has 0 aliphatic carbocycles. The predicted molar refractivity (Wildman–Crippen MR) is 101 cm³/mol. The van der Waals surface area contributed by atoms with Crippen LogP contribution in [0.15, 0.2) is 48.5 Å². The van der Waals surface area contributed by atoms with Crippen LogP contribution in [0.4, 0.5) is 21.9 Å². The summed E-state index contributed by atoms with van der Waals surface area (Å²) >= 11 is 5.76. The maximum atomic E-state index is 12.1. The number of hydrogen-bond donors (Lipinski definition) is 1. The van der Waals surface area contributed by atoms with Crippen LogP contribution in [0, 0.1) is 10.1 Å². The van der Waals surface area contributed by atoms with Crippen molar-refractivity contribution in [1.29, 1.82) is 0 Å². The van der Waals surface area contributed by atoms with E-state index in [-0.39, 0.29) is 10.7 Å². The van der Waals surface area contributed by atoms with Crippen molar-refractivity contribution in [3.05, 3.63) is 69.2 Å². The molecule has 1 saturated heterocycles. The number of hydrogen-bond acceptors (Lipinski definition) is 5. The number of rotatable bonds is 5. The number of nitro groups is 1. The van der Waals surface area contributed by atoms with E-state index >= 15 is 0 Å². The Morgan fingerprint density at radius 3 is 2.81 bits per heavy atom. The first-order valence-corrected chi connectivity index (χ1v) is 8.29. The molecule has 27 heavy (non-hydrogen) atoms. The number of nitrogens with zero attached hydrogens (tertiary/aromatic N) is 2. The molecule has 2 aromatic carbocycles.